The number of hydrogen-bond donors (Lipinski definition) is 1. The van der Waals surface area contributed by atoms with Gasteiger partial charge in [0, 0.05) is 24.5 Å². The molecule has 1 saturated heterocycles. The van der Waals surface area contributed by atoms with Crippen molar-refractivity contribution in [1.29, 1.82) is 0 Å². The van der Waals surface area contributed by atoms with Crippen molar-refractivity contribution >= 4 is 27.5 Å². The summed E-state index contributed by atoms with van der Waals surface area (Å²) < 4.78 is 30.2. The minimum absolute atomic E-state index is 0.0224. The largest absolute Gasteiger partial charge is 0.497 e. The Hall–Kier alpha value is -2.00. The number of aromatic nitrogens is 2. The number of thioether (sulfide) groups is 1. The number of benzene rings is 1. The Bertz CT molecular complexity index is 895. The molecule has 26 heavy (non-hydrogen) atoms. The van der Waals surface area contributed by atoms with Crippen LogP contribution in [0.25, 0.3) is 5.69 Å². The molecule has 1 aliphatic rings. The van der Waals surface area contributed by atoms with E-state index in [0.717, 1.165) is 11.4 Å². The van der Waals surface area contributed by atoms with Crippen LogP contribution in [0.2, 0.25) is 0 Å². The Morgan fingerprint density at radius 3 is 2.96 bits per heavy atom. The average Bonchev–Trinajstić information content (AvgIpc) is 3.20. The van der Waals surface area contributed by atoms with Crippen LogP contribution in [0.5, 0.6) is 5.75 Å². The van der Waals surface area contributed by atoms with E-state index in [9.17, 15) is 13.2 Å². The normalized spacial score (nSPS) is 19.8. The van der Waals surface area contributed by atoms with Crippen molar-refractivity contribution in [3.05, 3.63) is 36.7 Å². The Morgan fingerprint density at radius 1 is 1.46 bits per heavy atom. The second-order valence-corrected chi connectivity index (χ2v) is 9.69. The van der Waals surface area contributed by atoms with Crippen molar-refractivity contribution in [3.63, 3.8) is 0 Å². The van der Waals surface area contributed by atoms with Gasteiger partial charge in [-0.3, -0.25) is 9.36 Å². The van der Waals surface area contributed by atoms with Crippen molar-refractivity contribution in [2.24, 2.45) is 0 Å². The zero-order valence-corrected chi connectivity index (χ0v) is 16.2. The molecule has 0 radical (unpaired) electrons. The number of carbonyl (C=O) groups is 1. The second-order valence-electron chi connectivity index (χ2n) is 6.15. The van der Waals surface area contributed by atoms with E-state index in [0.29, 0.717) is 11.6 Å². The molecule has 1 fully saturated rings. The third kappa shape index (κ3) is 4.39. The van der Waals surface area contributed by atoms with Crippen LogP contribution < -0.4 is 10.1 Å². The molecule has 2 atom stereocenters. The van der Waals surface area contributed by atoms with Gasteiger partial charge in [-0.25, -0.2) is 13.4 Å². The number of hydrogen-bond acceptors (Lipinski definition) is 6. The first-order chi connectivity index (χ1) is 12.4. The molecule has 2 unspecified atom stereocenters. The molecule has 1 amide bonds. The van der Waals surface area contributed by atoms with E-state index in [-0.39, 0.29) is 23.5 Å². The van der Waals surface area contributed by atoms with Gasteiger partial charge in [0.15, 0.2) is 15.0 Å². The fourth-order valence-corrected chi connectivity index (χ4v) is 5.34. The molecular formula is C17H21N3O4S2. The fourth-order valence-electron chi connectivity index (χ4n) is 2.77. The van der Waals surface area contributed by atoms with Gasteiger partial charge in [-0.1, -0.05) is 17.8 Å². The first kappa shape index (κ1) is 18.8. The van der Waals surface area contributed by atoms with E-state index in [1.54, 1.807) is 20.2 Å². The van der Waals surface area contributed by atoms with E-state index in [2.05, 4.69) is 10.3 Å². The lowest BCUT2D eigenvalue weighted by Crippen LogP contribution is -2.40. The molecule has 2 heterocycles. The average molecular weight is 396 g/mol. The molecule has 0 saturated carbocycles. The van der Waals surface area contributed by atoms with Crippen molar-refractivity contribution in [2.45, 2.75) is 29.8 Å². The third-order valence-electron chi connectivity index (χ3n) is 4.17. The van der Waals surface area contributed by atoms with Crippen LogP contribution in [-0.4, -0.2) is 53.8 Å². The van der Waals surface area contributed by atoms with Crippen LogP contribution in [0.15, 0.2) is 41.8 Å². The van der Waals surface area contributed by atoms with E-state index in [4.69, 9.17) is 4.74 Å². The van der Waals surface area contributed by atoms with Crippen molar-refractivity contribution in [2.75, 3.05) is 18.6 Å². The lowest BCUT2D eigenvalue weighted by Gasteiger charge is -2.16. The number of carbonyl (C=O) groups excluding carboxylic acids is 1. The summed E-state index contributed by atoms with van der Waals surface area (Å²) in [6.07, 6.45) is 3.98. The van der Waals surface area contributed by atoms with Crippen LogP contribution in [0.1, 0.15) is 13.3 Å². The molecule has 1 aromatic carbocycles. The SMILES string of the molecule is COc1cccc(-n2ccnc2SC(C)C(=O)NC2CCS(=O)(=O)C2)c1. The first-order valence-corrected chi connectivity index (χ1v) is 10.9. The highest BCUT2D eigenvalue weighted by molar-refractivity contribution is 8.00. The molecule has 1 N–H and O–H groups in total. The van der Waals surface area contributed by atoms with Gasteiger partial charge in [0.25, 0.3) is 0 Å². The summed E-state index contributed by atoms with van der Waals surface area (Å²) in [7, 11) is -1.41. The molecule has 1 aliphatic heterocycles. The Kier molecular flexibility index (Phi) is 5.57. The lowest BCUT2D eigenvalue weighted by molar-refractivity contribution is -0.120. The molecule has 0 aliphatic carbocycles. The van der Waals surface area contributed by atoms with Crippen LogP contribution in [0.4, 0.5) is 0 Å². The van der Waals surface area contributed by atoms with Crippen LogP contribution >= 0.6 is 11.8 Å². The van der Waals surface area contributed by atoms with Crippen molar-refractivity contribution < 1.29 is 17.9 Å². The topological polar surface area (TPSA) is 90.3 Å². The van der Waals surface area contributed by atoms with Gasteiger partial charge in [-0.05, 0) is 25.5 Å². The number of nitrogens with one attached hydrogen (secondary N) is 1. The van der Waals surface area contributed by atoms with Gasteiger partial charge >= 0.3 is 0 Å². The molecule has 0 spiro atoms. The predicted octanol–water partition coefficient (Wildman–Crippen LogP) is 1.66. The Labute approximate surface area is 157 Å². The molecule has 3 rings (SSSR count). The van der Waals surface area contributed by atoms with Crippen LogP contribution in [0, 0.1) is 0 Å². The molecule has 7 nitrogen and oxygen atoms in total. The second kappa shape index (κ2) is 7.71. The van der Waals surface area contributed by atoms with E-state index >= 15 is 0 Å². The molecular weight excluding hydrogens is 374 g/mol. The number of sulfone groups is 1. The van der Waals surface area contributed by atoms with E-state index < -0.39 is 15.1 Å². The molecule has 9 heteroatoms. The zero-order valence-electron chi connectivity index (χ0n) is 14.6. The Morgan fingerprint density at radius 2 is 2.27 bits per heavy atom. The minimum atomic E-state index is -3.02. The van der Waals surface area contributed by atoms with Gasteiger partial charge in [-0.2, -0.15) is 0 Å². The number of ether oxygens (including phenoxy) is 1. The smallest absolute Gasteiger partial charge is 0.233 e. The molecule has 0 bridgehead atoms. The van der Waals surface area contributed by atoms with Gasteiger partial charge in [0.05, 0.1) is 29.6 Å². The Balaban J connectivity index is 1.67. The van der Waals surface area contributed by atoms with E-state index in [1.807, 2.05) is 35.0 Å². The summed E-state index contributed by atoms with van der Waals surface area (Å²) in [5.41, 5.74) is 0.888. The van der Waals surface area contributed by atoms with Crippen LogP contribution in [0.3, 0.4) is 0 Å². The number of methoxy groups -OCH3 is 1. The zero-order chi connectivity index (χ0) is 18.7. The predicted molar refractivity (Wildman–Crippen MR) is 101 cm³/mol. The summed E-state index contributed by atoms with van der Waals surface area (Å²) in [4.78, 5) is 16.7. The van der Waals surface area contributed by atoms with Gasteiger partial charge in [0.1, 0.15) is 5.75 Å². The number of amides is 1. The number of rotatable bonds is 6. The monoisotopic (exact) mass is 395 g/mol. The number of nitrogens with zero attached hydrogens (tertiary/aromatic N) is 2. The third-order valence-corrected chi connectivity index (χ3v) is 7.02. The maximum absolute atomic E-state index is 12.4. The van der Waals surface area contributed by atoms with E-state index in [1.165, 1.54) is 11.8 Å². The summed E-state index contributed by atoms with van der Waals surface area (Å²) in [5, 5.41) is 3.11. The summed E-state index contributed by atoms with van der Waals surface area (Å²) in [6.45, 7) is 1.79. The maximum atomic E-state index is 12.4. The lowest BCUT2D eigenvalue weighted by atomic mass is 10.2. The standard InChI is InChI=1S/C17H21N3O4S2/c1-12(16(21)19-13-6-9-26(22,23)11-13)25-17-18-7-8-20(17)14-4-3-5-15(10-14)24-2/h3-5,7-8,10,12-13H,6,9,11H2,1-2H3,(H,19,21). The highest BCUT2D eigenvalue weighted by Crippen LogP contribution is 2.26. The van der Waals surface area contributed by atoms with Crippen LogP contribution in [-0.2, 0) is 14.6 Å². The van der Waals surface area contributed by atoms with Crippen molar-refractivity contribution in [1.82, 2.24) is 14.9 Å². The maximum Gasteiger partial charge on any atom is 0.233 e. The summed E-state index contributed by atoms with van der Waals surface area (Å²) in [6, 6.07) is 7.27. The minimum Gasteiger partial charge on any atom is -0.497 e. The molecule has 1 aromatic heterocycles. The highest BCUT2D eigenvalue weighted by Gasteiger charge is 2.30. The summed E-state index contributed by atoms with van der Waals surface area (Å²) >= 11 is 1.33. The van der Waals surface area contributed by atoms with Crippen molar-refractivity contribution in [3.8, 4) is 11.4 Å². The van der Waals surface area contributed by atoms with Gasteiger partial charge in [0.2, 0.25) is 5.91 Å². The highest BCUT2D eigenvalue weighted by atomic mass is 32.2. The first-order valence-electron chi connectivity index (χ1n) is 8.23. The van der Waals surface area contributed by atoms with Gasteiger partial charge in [-0.15, -0.1) is 0 Å². The quantitative estimate of drug-likeness (QED) is 0.748. The number of imidazole rings is 1. The molecule has 2 aromatic rings. The fraction of sp³-hybridized carbons (Fsp3) is 0.412. The molecule has 140 valence electrons. The summed E-state index contributed by atoms with van der Waals surface area (Å²) in [5.74, 6) is 0.714. The van der Waals surface area contributed by atoms with Gasteiger partial charge < -0.3 is 10.1 Å².